The maximum Gasteiger partial charge on any atom is 0.223 e. The molecule has 2 bridgehead atoms. The highest BCUT2D eigenvalue weighted by molar-refractivity contribution is 6.33. The number of aliphatic hydroxyl groups excluding tert-OH is 1. The summed E-state index contributed by atoms with van der Waals surface area (Å²) in [6.07, 6.45) is 2.44. The monoisotopic (exact) mass is 489 g/mol. The van der Waals surface area contributed by atoms with E-state index in [2.05, 4.69) is 20.3 Å². The molecule has 0 spiro atoms. The van der Waals surface area contributed by atoms with Gasteiger partial charge in [-0.2, -0.15) is 0 Å². The molecule has 34 heavy (non-hydrogen) atoms. The number of hydrogen-bond acceptors (Lipinski definition) is 7. The van der Waals surface area contributed by atoms with Crippen molar-refractivity contribution < 1.29 is 19.3 Å². The van der Waals surface area contributed by atoms with Crippen molar-refractivity contribution in [2.24, 2.45) is 5.92 Å². The minimum Gasteiger partial charge on any atom is -0.388 e. The van der Waals surface area contributed by atoms with Crippen molar-refractivity contribution in [2.75, 3.05) is 11.9 Å². The van der Waals surface area contributed by atoms with Crippen molar-refractivity contribution >= 4 is 28.6 Å². The molecule has 8 nitrogen and oxygen atoms in total. The van der Waals surface area contributed by atoms with Crippen molar-refractivity contribution in [3.05, 3.63) is 35.0 Å². The Morgan fingerprint density at radius 3 is 2.65 bits per heavy atom. The lowest BCUT2D eigenvalue weighted by molar-refractivity contribution is -0.141. The van der Waals surface area contributed by atoms with Crippen molar-refractivity contribution in [2.45, 2.75) is 70.4 Å². The number of hydrogen-bond donors (Lipinski definition) is 3. The molecular formula is C24H29ClFN5O3. The Hall–Kier alpha value is -2.33. The molecule has 3 N–H and O–H groups in total. The summed E-state index contributed by atoms with van der Waals surface area (Å²) in [7, 11) is 0. The van der Waals surface area contributed by atoms with Crippen molar-refractivity contribution in [3.8, 4) is 11.3 Å². The van der Waals surface area contributed by atoms with Crippen LogP contribution in [-0.2, 0) is 10.3 Å². The van der Waals surface area contributed by atoms with Gasteiger partial charge in [0.1, 0.15) is 23.0 Å². The fourth-order valence-electron chi connectivity index (χ4n) is 5.09. The molecule has 2 aliphatic heterocycles. The Balaban J connectivity index is 1.56. The highest BCUT2D eigenvalue weighted by atomic mass is 35.5. The summed E-state index contributed by atoms with van der Waals surface area (Å²) in [5.74, 6) is 0.329. The number of aromatic nitrogens is 4. The van der Waals surface area contributed by atoms with Crippen LogP contribution in [0, 0.1) is 11.7 Å². The highest BCUT2D eigenvalue weighted by Gasteiger charge is 2.44. The van der Waals surface area contributed by atoms with Gasteiger partial charge < -0.3 is 24.8 Å². The first-order chi connectivity index (χ1) is 16.0. The Morgan fingerprint density at radius 2 is 2.03 bits per heavy atom. The second-order valence-electron chi connectivity index (χ2n) is 10.0. The van der Waals surface area contributed by atoms with Gasteiger partial charge in [-0.05, 0) is 52.7 Å². The largest absolute Gasteiger partial charge is 0.388 e. The Morgan fingerprint density at radius 1 is 1.26 bits per heavy atom. The molecule has 2 saturated heterocycles. The van der Waals surface area contributed by atoms with Crippen LogP contribution in [0.25, 0.3) is 22.3 Å². The number of nitrogens with zero attached hydrogens (tertiary/aromatic N) is 4. The molecule has 4 atom stereocenters. The molecule has 1 aliphatic carbocycles. The SMILES string of the molecule is CC(C)n1c(C(C)(C)O)nc2c(F)cc(-c3nc(N[C@H]4[C@@H]5CC[C@@H](OC5)[C@@H]4O)ncc3Cl)cc21. The lowest BCUT2D eigenvalue weighted by Gasteiger charge is -2.46. The Kier molecular flexibility index (Phi) is 5.79. The molecular weight excluding hydrogens is 461 g/mol. The van der Waals surface area contributed by atoms with Gasteiger partial charge in [0, 0.05) is 17.5 Å². The summed E-state index contributed by atoms with van der Waals surface area (Å²) in [6, 6.07) is 2.84. The first kappa shape index (κ1) is 23.4. The van der Waals surface area contributed by atoms with E-state index in [9.17, 15) is 10.2 Å². The van der Waals surface area contributed by atoms with Gasteiger partial charge in [0.15, 0.2) is 5.82 Å². The summed E-state index contributed by atoms with van der Waals surface area (Å²) < 4.78 is 22.7. The summed E-state index contributed by atoms with van der Waals surface area (Å²) in [4.78, 5) is 13.3. The van der Waals surface area contributed by atoms with Crippen LogP contribution in [-0.4, -0.2) is 54.6 Å². The third kappa shape index (κ3) is 3.94. The highest BCUT2D eigenvalue weighted by Crippen LogP contribution is 2.37. The van der Waals surface area contributed by atoms with Crippen LogP contribution in [0.2, 0.25) is 5.02 Å². The Labute approximate surface area is 202 Å². The number of anilines is 1. The summed E-state index contributed by atoms with van der Waals surface area (Å²) in [5, 5.41) is 24.8. The van der Waals surface area contributed by atoms with Crippen LogP contribution in [0.15, 0.2) is 18.3 Å². The fourth-order valence-corrected chi connectivity index (χ4v) is 5.29. The van der Waals surface area contributed by atoms with Gasteiger partial charge in [-0.1, -0.05) is 11.6 Å². The van der Waals surface area contributed by atoms with E-state index in [1.165, 1.54) is 12.3 Å². The van der Waals surface area contributed by atoms with E-state index in [0.29, 0.717) is 35.2 Å². The fraction of sp³-hybridized carbons (Fsp3) is 0.542. The van der Waals surface area contributed by atoms with Crippen LogP contribution in [0.3, 0.4) is 0 Å². The zero-order valence-corrected chi connectivity index (χ0v) is 20.3. The minimum atomic E-state index is -1.25. The van der Waals surface area contributed by atoms with E-state index in [-0.39, 0.29) is 34.6 Å². The van der Waals surface area contributed by atoms with E-state index in [1.807, 2.05) is 18.4 Å². The molecule has 1 saturated carbocycles. The van der Waals surface area contributed by atoms with Crippen LogP contribution in [0.1, 0.15) is 52.4 Å². The van der Waals surface area contributed by atoms with Crippen molar-refractivity contribution in [1.82, 2.24) is 19.5 Å². The predicted octanol–water partition coefficient (Wildman–Crippen LogP) is 4.04. The number of nitrogens with one attached hydrogen (secondary N) is 1. The average Bonchev–Trinajstić information content (AvgIpc) is 3.19. The summed E-state index contributed by atoms with van der Waals surface area (Å²) in [5.41, 5.74) is 0.318. The number of aliphatic hydroxyl groups is 2. The van der Waals surface area contributed by atoms with E-state index in [0.717, 1.165) is 12.8 Å². The number of imidazole rings is 1. The number of benzene rings is 1. The molecule has 1 aromatic carbocycles. The summed E-state index contributed by atoms with van der Waals surface area (Å²) >= 11 is 6.44. The standard InChI is InChI=1S/C24H29ClFN5O3/c1-11(2)31-16-8-13(7-15(26)20(16)28-22(31)24(3,4)33)18-14(25)9-27-23(29-18)30-19-12-5-6-17(21(19)32)34-10-12/h7-9,11-12,17,19,21,32-33H,5-6,10H2,1-4H3,(H,27,29,30)/t12-,17-,19+,21+/m1/s1. The normalized spacial score (nSPS) is 24.9. The second kappa shape index (κ2) is 8.41. The lowest BCUT2D eigenvalue weighted by atomic mass is 9.78. The summed E-state index contributed by atoms with van der Waals surface area (Å²) in [6.45, 7) is 7.75. The smallest absolute Gasteiger partial charge is 0.223 e. The van der Waals surface area contributed by atoms with Crippen LogP contribution in [0.4, 0.5) is 10.3 Å². The molecule has 0 unspecified atom stereocenters. The lowest BCUT2D eigenvalue weighted by Crippen LogP contribution is -2.57. The van der Waals surface area contributed by atoms with Gasteiger partial charge in [0.25, 0.3) is 0 Å². The molecule has 3 aliphatic rings. The first-order valence-electron chi connectivity index (χ1n) is 11.6. The molecule has 0 amide bonds. The molecule has 4 heterocycles. The van der Waals surface area contributed by atoms with Gasteiger partial charge in [-0.25, -0.2) is 19.3 Å². The molecule has 3 aromatic rings. The van der Waals surface area contributed by atoms with Crippen molar-refractivity contribution in [1.29, 1.82) is 0 Å². The van der Waals surface area contributed by atoms with Crippen LogP contribution >= 0.6 is 11.6 Å². The van der Waals surface area contributed by atoms with Crippen molar-refractivity contribution in [3.63, 3.8) is 0 Å². The zero-order valence-electron chi connectivity index (χ0n) is 19.6. The van der Waals surface area contributed by atoms with Crippen LogP contribution < -0.4 is 5.32 Å². The molecule has 2 aromatic heterocycles. The zero-order chi connectivity index (χ0) is 24.4. The number of halogens is 2. The number of rotatable bonds is 5. The van der Waals surface area contributed by atoms with E-state index in [1.54, 1.807) is 19.9 Å². The van der Waals surface area contributed by atoms with Gasteiger partial charge in [0.2, 0.25) is 5.95 Å². The molecule has 10 heteroatoms. The number of fused-ring (bicyclic) bond motifs is 4. The molecule has 3 fully saturated rings. The third-order valence-corrected chi connectivity index (χ3v) is 7.01. The first-order valence-corrected chi connectivity index (χ1v) is 12.0. The maximum absolute atomic E-state index is 15.2. The minimum absolute atomic E-state index is 0.0652. The molecule has 6 rings (SSSR count). The number of ether oxygens (including phenoxy) is 1. The maximum atomic E-state index is 15.2. The second-order valence-corrected chi connectivity index (χ2v) is 10.5. The van der Waals surface area contributed by atoms with E-state index < -0.39 is 17.5 Å². The van der Waals surface area contributed by atoms with Gasteiger partial charge >= 0.3 is 0 Å². The molecule has 182 valence electrons. The topological polar surface area (TPSA) is 105 Å². The Bertz CT molecular complexity index is 1230. The molecule has 0 radical (unpaired) electrons. The average molecular weight is 490 g/mol. The van der Waals surface area contributed by atoms with E-state index >= 15 is 4.39 Å². The van der Waals surface area contributed by atoms with Gasteiger partial charge in [-0.15, -0.1) is 0 Å². The van der Waals surface area contributed by atoms with E-state index in [4.69, 9.17) is 16.3 Å². The van der Waals surface area contributed by atoms with Gasteiger partial charge in [0.05, 0.1) is 41.2 Å². The predicted molar refractivity (Wildman–Crippen MR) is 127 cm³/mol. The quantitative estimate of drug-likeness (QED) is 0.496. The third-order valence-electron chi connectivity index (χ3n) is 6.73. The van der Waals surface area contributed by atoms with Gasteiger partial charge in [-0.3, -0.25) is 0 Å². The van der Waals surface area contributed by atoms with Crippen LogP contribution in [0.5, 0.6) is 0 Å².